The predicted octanol–water partition coefficient (Wildman–Crippen LogP) is 17.8. The number of rotatable bonds is 4. The molecule has 13 aromatic rings. The number of benzene rings is 11. The third-order valence-electron chi connectivity index (χ3n) is 14.6. The molecule has 0 unspecified atom stereocenters. The second-order valence-electron chi connectivity index (χ2n) is 17.9. The zero-order valence-corrected chi connectivity index (χ0v) is 37.8. The maximum atomic E-state index is 2.57. The van der Waals surface area contributed by atoms with Gasteiger partial charge in [-0.15, -0.1) is 11.3 Å². The van der Waals surface area contributed by atoms with Crippen molar-refractivity contribution >= 4 is 104 Å². The highest BCUT2D eigenvalue weighted by Crippen LogP contribution is 2.62. The minimum absolute atomic E-state index is 0.517. The van der Waals surface area contributed by atoms with Gasteiger partial charge in [0, 0.05) is 57.2 Å². The van der Waals surface area contributed by atoms with Gasteiger partial charge in [-0.25, -0.2) is 0 Å². The van der Waals surface area contributed by atoms with Crippen molar-refractivity contribution in [2.24, 2.45) is 0 Å². The number of para-hydroxylation sites is 1. The van der Waals surface area contributed by atoms with Crippen molar-refractivity contribution in [2.45, 2.75) is 15.2 Å². The number of hydrogen-bond acceptors (Lipinski definition) is 3. The Morgan fingerprint density at radius 2 is 1.00 bits per heavy atom. The lowest BCUT2D eigenvalue weighted by molar-refractivity contribution is 0.707. The van der Waals surface area contributed by atoms with Crippen LogP contribution in [0.15, 0.2) is 240 Å². The van der Waals surface area contributed by atoms with Gasteiger partial charge in [0.15, 0.2) is 0 Å². The average molecular weight is 887 g/mol. The second-order valence-corrected chi connectivity index (χ2v) is 20.1. The molecule has 0 bridgehead atoms. The van der Waals surface area contributed by atoms with Crippen molar-refractivity contribution in [3.63, 3.8) is 0 Å². The van der Waals surface area contributed by atoms with Gasteiger partial charge in [0.1, 0.15) is 0 Å². The summed E-state index contributed by atoms with van der Waals surface area (Å²) in [5, 5.41) is 10.0. The second kappa shape index (κ2) is 14.1. The summed E-state index contributed by atoms with van der Waals surface area (Å²) in [5.74, 6) is 0. The van der Waals surface area contributed by atoms with Gasteiger partial charge in [-0.1, -0.05) is 176 Å². The summed E-state index contributed by atoms with van der Waals surface area (Å²) in [7, 11) is 0. The van der Waals surface area contributed by atoms with E-state index in [0.29, 0.717) is 0 Å². The number of hydrogen-bond donors (Lipinski definition) is 0. The Balaban J connectivity index is 1.06. The Bertz CT molecular complexity index is 4180. The number of anilines is 3. The Kier molecular flexibility index (Phi) is 7.84. The molecule has 67 heavy (non-hydrogen) atoms. The fraction of sp³-hybridized carbons (Fsp3) is 0.0159. The summed E-state index contributed by atoms with van der Waals surface area (Å²) in [5.41, 5.74) is 14.4. The fourth-order valence-electron chi connectivity index (χ4n) is 12.0. The standard InChI is InChI=1S/C63H38N2S2/c1-2-18-41-39(16-1)17-13-28-52(41)65-53-27-9-4-20-43(53)47-38-40(34-36-55(47)65)64(56-29-15-33-60-62(56)46-21-5-10-30-57(46)66-60)54-37-35-44-42-19-3-6-23-48(42)63(51-26-14-22-45(54)61(44)51)49-24-7-11-31-58(49)67-59-32-12-8-25-50(59)63/h1-38H. The quantitative estimate of drug-likeness (QED) is 0.174. The predicted molar refractivity (Wildman–Crippen MR) is 285 cm³/mol. The van der Waals surface area contributed by atoms with Crippen LogP contribution in [0.2, 0.25) is 0 Å². The van der Waals surface area contributed by atoms with Crippen LogP contribution in [0.5, 0.6) is 0 Å². The average Bonchev–Trinajstić information content (AvgIpc) is 3.94. The summed E-state index contributed by atoms with van der Waals surface area (Å²) < 4.78 is 5.04. The first-order valence-electron chi connectivity index (χ1n) is 23.0. The molecular weight excluding hydrogens is 849 g/mol. The van der Waals surface area contributed by atoms with Gasteiger partial charge in [-0.2, -0.15) is 0 Å². The minimum atomic E-state index is -0.517. The minimum Gasteiger partial charge on any atom is -0.309 e. The highest BCUT2D eigenvalue weighted by Gasteiger charge is 2.48. The van der Waals surface area contributed by atoms with E-state index in [1.165, 1.54) is 118 Å². The third-order valence-corrected chi connectivity index (χ3v) is 16.9. The number of thiophene rings is 1. The van der Waals surface area contributed by atoms with Crippen LogP contribution in [-0.2, 0) is 5.41 Å². The largest absolute Gasteiger partial charge is 0.309 e. The van der Waals surface area contributed by atoms with Crippen LogP contribution in [0.1, 0.15) is 22.3 Å². The van der Waals surface area contributed by atoms with Gasteiger partial charge >= 0.3 is 0 Å². The van der Waals surface area contributed by atoms with E-state index < -0.39 is 5.41 Å². The Morgan fingerprint density at radius 1 is 0.373 bits per heavy atom. The van der Waals surface area contributed by atoms with E-state index in [1.807, 2.05) is 23.1 Å². The Morgan fingerprint density at radius 3 is 1.87 bits per heavy atom. The molecule has 2 aliphatic rings. The molecule has 1 aliphatic carbocycles. The normalized spacial score (nSPS) is 13.4. The molecule has 0 radical (unpaired) electrons. The van der Waals surface area contributed by atoms with E-state index in [1.54, 1.807) is 0 Å². The van der Waals surface area contributed by atoms with E-state index in [2.05, 4.69) is 240 Å². The van der Waals surface area contributed by atoms with Gasteiger partial charge < -0.3 is 9.47 Å². The maximum absolute atomic E-state index is 2.57. The molecule has 0 amide bonds. The Hall–Kier alpha value is -7.89. The molecule has 2 aromatic heterocycles. The fourth-order valence-corrected chi connectivity index (χ4v) is 14.3. The van der Waals surface area contributed by atoms with Crippen LogP contribution in [0.4, 0.5) is 17.1 Å². The van der Waals surface area contributed by atoms with E-state index in [0.717, 1.165) is 11.4 Å². The van der Waals surface area contributed by atoms with Gasteiger partial charge in [-0.05, 0) is 111 Å². The van der Waals surface area contributed by atoms with Crippen molar-refractivity contribution in [3.8, 4) is 16.8 Å². The lowest BCUT2D eigenvalue weighted by Gasteiger charge is -2.46. The SMILES string of the molecule is c1ccc2c(c1)Sc1ccccc1C21c2ccccc2-c2ccc(N(c3ccc4c(c3)c3ccccc3n4-c3cccc4ccccc34)c3cccc4sc5ccccc5c34)c3cccc1c23. The van der Waals surface area contributed by atoms with Crippen LogP contribution in [-0.4, -0.2) is 4.57 Å². The summed E-state index contributed by atoms with van der Waals surface area (Å²) in [6, 6.07) is 86.5. The zero-order valence-electron chi connectivity index (χ0n) is 36.2. The van der Waals surface area contributed by atoms with Gasteiger partial charge in [0.05, 0.1) is 33.5 Å². The molecular formula is C63H38N2S2. The summed E-state index contributed by atoms with van der Waals surface area (Å²) in [6.07, 6.45) is 0. The van der Waals surface area contributed by atoms with Crippen molar-refractivity contribution in [1.82, 2.24) is 4.57 Å². The highest BCUT2D eigenvalue weighted by atomic mass is 32.2. The topological polar surface area (TPSA) is 8.17 Å². The number of fused-ring (bicyclic) bond motifs is 15. The monoisotopic (exact) mass is 886 g/mol. The van der Waals surface area contributed by atoms with Crippen LogP contribution in [0.25, 0.3) is 80.3 Å². The molecule has 0 atom stereocenters. The first kappa shape index (κ1) is 37.3. The third kappa shape index (κ3) is 5.06. The van der Waals surface area contributed by atoms with Gasteiger partial charge in [-0.3, -0.25) is 0 Å². The van der Waals surface area contributed by atoms with Crippen LogP contribution >= 0.6 is 23.1 Å². The first-order chi connectivity index (χ1) is 33.3. The molecule has 11 aromatic carbocycles. The van der Waals surface area contributed by atoms with Crippen molar-refractivity contribution in [2.75, 3.05) is 4.90 Å². The number of aromatic nitrogens is 1. The number of nitrogens with zero attached hydrogens (tertiary/aromatic N) is 2. The van der Waals surface area contributed by atoms with Crippen molar-refractivity contribution in [3.05, 3.63) is 253 Å². The summed E-state index contributed by atoms with van der Waals surface area (Å²) in [6.45, 7) is 0. The first-order valence-corrected chi connectivity index (χ1v) is 24.6. The molecule has 2 nitrogen and oxygen atoms in total. The highest BCUT2D eigenvalue weighted by molar-refractivity contribution is 7.99. The van der Waals surface area contributed by atoms with Crippen LogP contribution in [0.3, 0.4) is 0 Å². The molecule has 15 rings (SSSR count). The Labute approximate surface area is 395 Å². The molecule has 0 N–H and O–H groups in total. The van der Waals surface area contributed by atoms with E-state index >= 15 is 0 Å². The molecule has 4 heteroatoms. The lowest BCUT2D eigenvalue weighted by Crippen LogP contribution is -2.36. The maximum Gasteiger partial charge on any atom is 0.0735 e. The molecule has 312 valence electrons. The van der Waals surface area contributed by atoms with Crippen LogP contribution < -0.4 is 4.90 Å². The molecule has 1 aliphatic heterocycles. The molecule has 0 fully saturated rings. The van der Waals surface area contributed by atoms with Crippen molar-refractivity contribution in [1.29, 1.82) is 0 Å². The van der Waals surface area contributed by atoms with Crippen molar-refractivity contribution < 1.29 is 0 Å². The van der Waals surface area contributed by atoms with E-state index in [9.17, 15) is 0 Å². The van der Waals surface area contributed by atoms with Crippen LogP contribution in [0, 0.1) is 0 Å². The summed E-state index contributed by atoms with van der Waals surface area (Å²) in [4.78, 5) is 5.18. The molecule has 0 saturated carbocycles. The smallest absolute Gasteiger partial charge is 0.0735 e. The molecule has 0 saturated heterocycles. The molecule has 1 spiro atoms. The van der Waals surface area contributed by atoms with Gasteiger partial charge in [0.2, 0.25) is 0 Å². The van der Waals surface area contributed by atoms with E-state index in [4.69, 9.17) is 0 Å². The molecule has 3 heterocycles. The summed E-state index contributed by atoms with van der Waals surface area (Å²) >= 11 is 3.77. The van der Waals surface area contributed by atoms with Gasteiger partial charge in [0.25, 0.3) is 0 Å². The lowest BCUT2D eigenvalue weighted by atomic mass is 9.59. The zero-order chi connectivity index (χ0) is 43.8. The van der Waals surface area contributed by atoms with E-state index in [-0.39, 0.29) is 0 Å².